The van der Waals surface area contributed by atoms with Gasteiger partial charge in [0.15, 0.2) is 0 Å². The quantitative estimate of drug-likeness (QED) is 0.699. The number of nitrogens with one attached hydrogen (secondary N) is 1. The van der Waals surface area contributed by atoms with E-state index in [4.69, 9.17) is 4.74 Å². The third kappa shape index (κ3) is 3.80. The second-order valence-corrected chi connectivity index (χ2v) is 4.40. The fourth-order valence-corrected chi connectivity index (χ4v) is 1.72. The van der Waals surface area contributed by atoms with Crippen LogP contribution in [0.15, 0.2) is 0 Å². The van der Waals surface area contributed by atoms with E-state index in [9.17, 15) is 4.79 Å². The monoisotopic (exact) mass is 214 g/mol. The van der Waals surface area contributed by atoms with Gasteiger partial charge in [-0.25, -0.2) is 0 Å². The standard InChI is InChI=1S/C11H22N2O2/c1-9(2)13(4-5-15-3)11(14)6-10-7-12-8-10/h9-10,12H,4-8H2,1-3H3. The van der Waals surface area contributed by atoms with Gasteiger partial charge in [0, 0.05) is 26.1 Å². The van der Waals surface area contributed by atoms with Gasteiger partial charge < -0.3 is 15.0 Å². The topological polar surface area (TPSA) is 41.6 Å². The maximum Gasteiger partial charge on any atom is 0.223 e. The van der Waals surface area contributed by atoms with Gasteiger partial charge in [0.1, 0.15) is 0 Å². The number of hydrogen-bond acceptors (Lipinski definition) is 3. The van der Waals surface area contributed by atoms with Gasteiger partial charge in [-0.2, -0.15) is 0 Å². The second kappa shape index (κ2) is 6.08. The summed E-state index contributed by atoms with van der Waals surface area (Å²) in [6, 6.07) is 0.265. The Kier molecular flexibility index (Phi) is 5.05. The van der Waals surface area contributed by atoms with E-state index in [1.54, 1.807) is 7.11 Å². The fourth-order valence-electron chi connectivity index (χ4n) is 1.72. The molecule has 1 rings (SSSR count). The van der Waals surface area contributed by atoms with E-state index in [-0.39, 0.29) is 11.9 Å². The highest BCUT2D eigenvalue weighted by Gasteiger charge is 2.24. The number of carbonyl (C=O) groups is 1. The SMILES string of the molecule is COCCN(C(=O)CC1CNC1)C(C)C. The summed E-state index contributed by atoms with van der Waals surface area (Å²) in [4.78, 5) is 13.8. The Hall–Kier alpha value is -0.610. The Balaban J connectivity index is 2.35. The molecule has 1 heterocycles. The summed E-state index contributed by atoms with van der Waals surface area (Å²) >= 11 is 0. The molecule has 0 aliphatic carbocycles. The summed E-state index contributed by atoms with van der Waals surface area (Å²) < 4.78 is 5.01. The second-order valence-electron chi connectivity index (χ2n) is 4.40. The van der Waals surface area contributed by atoms with Crippen molar-refractivity contribution in [1.29, 1.82) is 0 Å². The molecule has 1 amide bonds. The molecule has 0 spiro atoms. The van der Waals surface area contributed by atoms with Crippen molar-refractivity contribution in [3.63, 3.8) is 0 Å². The van der Waals surface area contributed by atoms with Crippen molar-refractivity contribution >= 4 is 5.91 Å². The number of hydrogen-bond donors (Lipinski definition) is 1. The molecule has 0 aromatic heterocycles. The van der Waals surface area contributed by atoms with Gasteiger partial charge in [-0.1, -0.05) is 0 Å². The Morgan fingerprint density at radius 1 is 1.53 bits per heavy atom. The minimum atomic E-state index is 0.258. The van der Waals surface area contributed by atoms with Crippen molar-refractivity contribution < 1.29 is 9.53 Å². The summed E-state index contributed by atoms with van der Waals surface area (Å²) in [6.45, 7) is 7.39. The van der Waals surface area contributed by atoms with Crippen LogP contribution in [0.1, 0.15) is 20.3 Å². The summed E-state index contributed by atoms with van der Waals surface area (Å²) in [7, 11) is 1.67. The Morgan fingerprint density at radius 2 is 2.20 bits per heavy atom. The van der Waals surface area contributed by atoms with E-state index in [2.05, 4.69) is 5.32 Å². The molecule has 4 nitrogen and oxygen atoms in total. The summed E-state index contributed by atoms with van der Waals surface area (Å²) in [6.07, 6.45) is 0.675. The van der Waals surface area contributed by atoms with Gasteiger partial charge in [-0.3, -0.25) is 4.79 Å². The molecule has 0 saturated carbocycles. The average molecular weight is 214 g/mol. The molecule has 0 aromatic carbocycles. The van der Waals surface area contributed by atoms with Crippen LogP contribution in [-0.2, 0) is 9.53 Å². The lowest BCUT2D eigenvalue weighted by Gasteiger charge is -2.31. The lowest BCUT2D eigenvalue weighted by atomic mass is 9.98. The number of ether oxygens (including phenoxy) is 1. The van der Waals surface area contributed by atoms with Crippen molar-refractivity contribution in [2.24, 2.45) is 5.92 Å². The number of rotatable bonds is 6. The molecule has 0 radical (unpaired) electrons. The van der Waals surface area contributed by atoms with Crippen LogP contribution < -0.4 is 5.32 Å². The smallest absolute Gasteiger partial charge is 0.223 e. The van der Waals surface area contributed by atoms with E-state index in [0.29, 0.717) is 25.5 Å². The molecule has 1 N–H and O–H groups in total. The summed E-state index contributed by atoms with van der Waals surface area (Å²) in [5.41, 5.74) is 0. The first-order chi connectivity index (χ1) is 7.15. The van der Waals surface area contributed by atoms with Crippen LogP contribution in [0.25, 0.3) is 0 Å². The average Bonchev–Trinajstić information content (AvgIpc) is 2.11. The molecule has 88 valence electrons. The van der Waals surface area contributed by atoms with Gasteiger partial charge in [-0.05, 0) is 32.9 Å². The highest BCUT2D eigenvalue weighted by atomic mass is 16.5. The molecular formula is C11H22N2O2. The van der Waals surface area contributed by atoms with Crippen LogP contribution in [0.2, 0.25) is 0 Å². The van der Waals surface area contributed by atoms with Crippen molar-refractivity contribution in [2.45, 2.75) is 26.3 Å². The zero-order chi connectivity index (χ0) is 11.3. The maximum absolute atomic E-state index is 11.9. The molecule has 4 heteroatoms. The summed E-state index contributed by atoms with van der Waals surface area (Å²) in [5, 5.41) is 3.18. The Bertz CT molecular complexity index is 203. The van der Waals surface area contributed by atoms with Gasteiger partial charge in [0.05, 0.1) is 6.61 Å². The third-order valence-corrected chi connectivity index (χ3v) is 2.81. The normalized spacial score (nSPS) is 16.5. The predicted molar refractivity (Wildman–Crippen MR) is 59.7 cm³/mol. The van der Waals surface area contributed by atoms with Crippen molar-refractivity contribution in [3.05, 3.63) is 0 Å². The first-order valence-corrected chi connectivity index (χ1v) is 5.64. The van der Waals surface area contributed by atoms with Gasteiger partial charge in [0.25, 0.3) is 0 Å². The highest BCUT2D eigenvalue weighted by molar-refractivity contribution is 5.76. The zero-order valence-electron chi connectivity index (χ0n) is 9.95. The molecule has 0 atom stereocenters. The maximum atomic E-state index is 11.9. The molecule has 0 unspecified atom stereocenters. The lowest BCUT2D eigenvalue weighted by molar-refractivity contribution is -0.135. The first-order valence-electron chi connectivity index (χ1n) is 5.64. The van der Waals surface area contributed by atoms with E-state index in [1.807, 2.05) is 18.7 Å². The Morgan fingerprint density at radius 3 is 2.60 bits per heavy atom. The number of methoxy groups -OCH3 is 1. The van der Waals surface area contributed by atoms with Crippen molar-refractivity contribution in [2.75, 3.05) is 33.4 Å². The number of amides is 1. The first kappa shape index (κ1) is 12.5. The van der Waals surface area contributed by atoms with Gasteiger partial charge >= 0.3 is 0 Å². The minimum absolute atomic E-state index is 0.258. The predicted octanol–water partition coefficient (Wildman–Crippen LogP) is 0.479. The largest absolute Gasteiger partial charge is 0.383 e. The van der Waals surface area contributed by atoms with Crippen LogP contribution >= 0.6 is 0 Å². The fraction of sp³-hybridized carbons (Fsp3) is 0.909. The molecule has 0 bridgehead atoms. The van der Waals surface area contributed by atoms with Crippen LogP contribution in [0.4, 0.5) is 0 Å². The molecular weight excluding hydrogens is 192 g/mol. The highest BCUT2D eigenvalue weighted by Crippen LogP contribution is 2.12. The van der Waals surface area contributed by atoms with Crippen LogP contribution in [0.3, 0.4) is 0 Å². The van der Waals surface area contributed by atoms with E-state index >= 15 is 0 Å². The van der Waals surface area contributed by atoms with Crippen LogP contribution in [0.5, 0.6) is 0 Å². The number of nitrogens with zero attached hydrogens (tertiary/aromatic N) is 1. The minimum Gasteiger partial charge on any atom is -0.383 e. The summed E-state index contributed by atoms with van der Waals surface area (Å²) in [5.74, 6) is 0.801. The van der Waals surface area contributed by atoms with Crippen molar-refractivity contribution in [3.8, 4) is 0 Å². The van der Waals surface area contributed by atoms with Crippen LogP contribution in [0, 0.1) is 5.92 Å². The molecule has 1 aliphatic heterocycles. The van der Waals surface area contributed by atoms with E-state index < -0.39 is 0 Å². The molecule has 1 saturated heterocycles. The van der Waals surface area contributed by atoms with Crippen molar-refractivity contribution in [1.82, 2.24) is 10.2 Å². The molecule has 1 fully saturated rings. The number of carbonyl (C=O) groups excluding carboxylic acids is 1. The van der Waals surface area contributed by atoms with Crippen LogP contribution in [-0.4, -0.2) is 50.2 Å². The zero-order valence-corrected chi connectivity index (χ0v) is 9.95. The van der Waals surface area contributed by atoms with Gasteiger partial charge in [-0.15, -0.1) is 0 Å². The van der Waals surface area contributed by atoms with E-state index in [1.165, 1.54) is 0 Å². The van der Waals surface area contributed by atoms with E-state index in [0.717, 1.165) is 13.1 Å². The Labute approximate surface area is 92.0 Å². The lowest BCUT2D eigenvalue weighted by Crippen LogP contribution is -2.47. The van der Waals surface area contributed by atoms with Gasteiger partial charge in [0.2, 0.25) is 5.91 Å². The molecule has 15 heavy (non-hydrogen) atoms. The molecule has 0 aromatic rings. The molecule has 1 aliphatic rings. The third-order valence-electron chi connectivity index (χ3n) is 2.81.